The summed E-state index contributed by atoms with van der Waals surface area (Å²) in [5.74, 6) is -2.38. The van der Waals surface area contributed by atoms with Crippen LogP contribution in [0.4, 0.5) is 18.9 Å². The van der Waals surface area contributed by atoms with Crippen LogP contribution in [0.25, 0.3) is 10.8 Å². The molecule has 30 heavy (non-hydrogen) atoms. The molecule has 2 N–H and O–H groups in total. The van der Waals surface area contributed by atoms with E-state index < -0.39 is 12.1 Å². The Labute approximate surface area is 170 Å². The van der Waals surface area contributed by atoms with Gasteiger partial charge in [0.15, 0.2) is 0 Å². The Bertz CT molecular complexity index is 1120. The normalized spacial score (nSPS) is 11.9. The van der Waals surface area contributed by atoms with Gasteiger partial charge in [0.05, 0.1) is 12.1 Å². The maximum Gasteiger partial charge on any atom is 0.471 e. The summed E-state index contributed by atoms with van der Waals surface area (Å²) in [4.78, 5) is 23.4. The SMILES string of the molecule is CC(=NNC(=O)Cc1cccc2ccccc12)c1cccc(NC(=O)C(F)(F)F)c1. The van der Waals surface area contributed by atoms with E-state index in [2.05, 4.69) is 10.5 Å². The Morgan fingerprint density at radius 2 is 1.67 bits per heavy atom. The van der Waals surface area contributed by atoms with Crippen LogP contribution in [0, 0.1) is 0 Å². The van der Waals surface area contributed by atoms with Gasteiger partial charge in [-0.25, -0.2) is 5.43 Å². The number of fused-ring (bicyclic) bond motifs is 1. The number of hydrazone groups is 1. The predicted molar refractivity (Wildman–Crippen MR) is 109 cm³/mol. The van der Waals surface area contributed by atoms with Crippen LogP contribution in [-0.4, -0.2) is 23.7 Å². The van der Waals surface area contributed by atoms with Crippen molar-refractivity contribution >= 4 is 34.0 Å². The lowest BCUT2D eigenvalue weighted by molar-refractivity contribution is -0.167. The molecule has 3 rings (SSSR count). The van der Waals surface area contributed by atoms with Gasteiger partial charge in [-0.05, 0) is 41.0 Å². The first-order valence-electron chi connectivity index (χ1n) is 9.02. The van der Waals surface area contributed by atoms with Crippen molar-refractivity contribution in [1.82, 2.24) is 5.43 Å². The van der Waals surface area contributed by atoms with Gasteiger partial charge in [0.1, 0.15) is 0 Å². The van der Waals surface area contributed by atoms with Gasteiger partial charge in [-0.3, -0.25) is 9.59 Å². The lowest BCUT2D eigenvalue weighted by Gasteiger charge is -2.09. The molecule has 8 heteroatoms. The van der Waals surface area contributed by atoms with Gasteiger partial charge in [-0.1, -0.05) is 54.6 Å². The number of nitrogens with one attached hydrogen (secondary N) is 2. The highest BCUT2D eigenvalue weighted by Crippen LogP contribution is 2.20. The van der Waals surface area contributed by atoms with Crippen molar-refractivity contribution in [2.45, 2.75) is 19.5 Å². The van der Waals surface area contributed by atoms with E-state index in [0.29, 0.717) is 11.3 Å². The number of benzene rings is 3. The first kappa shape index (κ1) is 21.0. The molecule has 0 unspecified atom stereocenters. The van der Waals surface area contributed by atoms with E-state index in [-0.39, 0.29) is 18.0 Å². The van der Waals surface area contributed by atoms with Crippen LogP contribution < -0.4 is 10.7 Å². The molecule has 0 aliphatic carbocycles. The fourth-order valence-corrected chi connectivity index (χ4v) is 2.89. The van der Waals surface area contributed by atoms with E-state index in [0.717, 1.165) is 16.3 Å². The monoisotopic (exact) mass is 413 g/mol. The number of nitrogens with zero attached hydrogens (tertiary/aromatic N) is 1. The third-order valence-electron chi connectivity index (χ3n) is 4.37. The summed E-state index contributed by atoms with van der Waals surface area (Å²) in [6, 6.07) is 19.2. The Morgan fingerprint density at radius 1 is 0.967 bits per heavy atom. The molecule has 2 amide bonds. The first-order chi connectivity index (χ1) is 14.2. The minimum Gasteiger partial charge on any atom is -0.318 e. The first-order valence-corrected chi connectivity index (χ1v) is 9.02. The summed E-state index contributed by atoms with van der Waals surface area (Å²) in [7, 11) is 0. The van der Waals surface area contributed by atoms with Crippen LogP contribution in [0.15, 0.2) is 71.8 Å². The molecule has 0 saturated carbocycles. The van der Waals surface area contributed by atoms with Gasteiger partial charge in [0.25, 0.3) is 0 Å². The van der Waals surface area contributed by atoms with Gasteiger partial charge in [-0.2, -0.15) is 18.3 Å². The minimum absolute atomic E-state index is 0.0218. The number of rotatable bonds is 5. The largest absolute Gasteiger partial charge is 0.471 e. The number of amides is 2. The second-order valence-electron chi connectivity index (χ2n) is 6.58. The van der Waals surface area contributed by atoms with Crippen molar-refractivity contribution in [1.29, 1.82) is 0 Å². The van der Waals surface area contributed by atoms with E-state index in [9.17, 15) is 22.8 Å². The lowest BCUT2D eigenvalue weighted by atomic mass is 10.0. The molecule has 0 saturated heterocycles. The summed E-state index contributed by atoms with van der Waals surface area (Å²) in [5, 5.41) is 7.81. The zero-order valence-electron chi connectivity index (χ0n) is 16.0. The van der Waals surface area contributed by atoms with E-state index in [1.807, 2.05) is 42.5 Å². The zero-order chi connectivity index (χ0) is 21.7. The van der Waals surface area contributed by atoms with Crippen LogP contribution in [0.1, 0.15) is 18.1 Å². The number of alkyl halides is 3. The highest BCUT2D eigenvalue weighted by atomic mass is 19.4. The maximum atomic E-state index is 12.4. The van der Waals surface area contributed by atoms with Crippen molar-refractivity contribution in [2.75, 3.05) is 5.32 Å². The maximum absolute atomic E-state index is 12.4. The minimum atomic E-state index is -4.98. The average molecular weight is 413 g/mol. The summed E-state index contributed by atoms with van der Waals surface area (Å²) in [5.41, 5.74) is 4.13. The number of hydrogen-bond acceptors (Lipinski definition) is 3. The fraction of sp³-hybridized carbons (Fsp3) is 0.136. The smallest absolute Gasteiger partial charge is 0.318 e. The molecule has 5 nitrogen and oxygen atoms in total. The second kappa shape index (κ2) is 8.77. The lowest BCUT2D eigenvalue weighted by Crippen LogP contribution is -2.30. The van der Waals surface area contributed by atoms with Crippen molar-refractivity contribution in [3.63, 3.8) is 0 Å². The highest BCUT2D eigenvalue weighted by Gasteiger charge is 2.38. The molecule has 154 valence electrons. The van der Waals surface area contributed by atoms with E-state index in [4.69, 9.17) is 0 Å². The van der Waals surface area contributed by atoms with Gasteiger partial charge < -0.3 is 5.32 Å². The molecule has 0 heterocycles. The third kappa shape index (κ3) is 5.22. The molecule has 3 aromatic carbocycles. The Morgan fingerprint density at radius 3 is 2.43 bits per heavy atom. The van der Waals surface area contributed by atoms with Gasteiger partial charge in [0, 0.05) is 5.69 Å². The second-order valence-corrected chi connectivity index (χ2v) is 6.58. The molecule has 0 radical (unpaired) electrons. The molecule has 0 fully saturated rings. The van der Waals surface area contributed by atoms with E-state index in [1.54, 1.807) is 18.3 Å². The van der Waals surface area contributed by atoms with Gasteiger partial charge >= 0.3 is 12.1 Å². The fourth-order valence-electron chi connectivity index (χ4n) is 2.89. The van der Waals surface area contributed by atoms with Gasteiger partial charge in [-0.15, -0.1) is 0 Å². The number of halogens is 3. The van der Waals surface area contributed by atoms with Crippen LogP contribution in [0.5, 0.6) is 0 Å². The van der Waals surface area contributed by atoms with Crippen molar-refractivity contribution < 1.29 is 22.8 Å². The van der Waals surface area contributed by atoms with Crippen molar-refractivity contribution in [3.05, 3.63) is 77.9 Å². The summed E-state index contributed by atoms with van der Waals surface area (Å²) in [6.45, 7) is 1.60. The number of hydrogen-bond donors (Lipinski definition) is 2. The molecule has 0 atom stereocenters. The molecule has 0 aromatic heterocycles. The Balaban J connectivity index is 1.68. The van der Waals surface area contributed by atoms with Crippen LogP contribution in [0.3, 0.4) is 0 Å². The van der Waals surface area contributed by atoms with E-state index in [1.165, 1.54) is 18.2 Å². The quantitative estimate of drug-likeness (QED) is 0.480. The Hall–Kier alpha value is -3.68. The molecule has 0 spiro atoms. The number of carbonyl (C=O) groups excluding carboxylic acids is 2. The summed E-state index contributed by atoms with van der Waals surface area (Å²) >= 11 is 0. The summed E-state index contributed by atoms with van der Waals surface area (Å²) < 4.78 is 37.2. The molecule has 3 aromatic rings. The molecule has 0 aliphatic rings. The standard InChI is InChI=1S/C22H18F3N3O2/c1-14(16-8-5-10-18(12-16)26-21(30)22(23,24)25)27-28-20(29)13-17-9-4-7-15-6-2-3-11-19(15)17/h2-12H,13H2,1H3,(H,26,30)(H,28,29). The van der Waals surface area contributed by atoms with Gasteiger partial charge in [0.2, 0.25) is 5.91 Å². The van der Waals surface area contributed by atoms with Crippen LogP contribution >= 0.6 is 0 Å². The predicted octanol–water partition coefficient (Wildman–Crippen LogP) is 4.42. The van der Waals surface area contributed by atoms with Crippen molar-refractivity contribution in [3.8, 4) is 0 Å². The zero-order valence-corrected chi connectivity index (χ0v) is 16.0. The topological polar surface area (TPSA) is 70.6 Å². The van der Waals surface area contributed by atoms with Crippen LogP contribution in [-0.2, 0) is 16.0 Å². The molecule has 0 aliphatic heterocycles. The molecular weight excluding hydrogens is 395 g/mol. The number of carbonyl (C=O) groups is 2. The average Bonchev–Trinajstić information content (AvgIpc) is 2.72. The third-order valence-corrected chi connectivity index (χ3v) is 4.37. The number of anilines is 1. The summed E-state index contributed by atoms with van der Waals surface area (Å²) in [6.07, 6.45) is -4.85. The van der Waals surface area contributed by atoms with E-state index >= 15 is 0 Å². The molecular formula is C22H18F3N3O2. The van der Waals surface area contributed by atoms with Crippen LogP contribution in [0.2, 0.25) is 0 Å². The highest BCUT2D eigenvalue weighted by molar-refractivity contribution is 6.01. The molecule has 0 bridgehead atoms. The van der Waals surface area contributed by atoms with Crippen molar-refractivity contribution in [2.24, 2.45) is 5.10 Å². The Kier molecular flexibility index (Phi) is 6.15.